The molecule has 5 heteroatoms. The number of aromatic nitrogens is 1. The van der Waals surface area contributed by atoms with Crippen LogP contribution in [0.5, 0.6) is 5.75 Å². The van der Waals surface area contributed by atoms with Crippen LogP contribution in [0, 0.1) is 6.92 Å². The highest BCUT2D eigenvalue weighted by molar-refractivity contribution is 5.87. The minimum Gasteiger partial charge on any atom is -0.487 e. The second kappa shape index (κ2) is 8.14. The van der Waals surface area contributed by atoms with Crippen LogP contribution >= 0.6 is 0 Å². The molecule has 1 atom stereocenters. The van der Waals surface area contributed by atoms with Gasteiger partial charge in [-0.3, -0.25) is 9.78 Å². The smallest absolute Gasteiger partial charge is 0.251 e. The third kappa shape index (κ3) is 3.78. The van der Waals surface area contributed by atoms with E-state index in [1.807, 2.05) is 17.2 Å². The number of carbonyl (C=O) groups excluding carboxylic acids is 1. The molecule has 3 aliphatic rings. The Bertz CT molecular complexity index is 1210. The van der Waals surface area contributed by atoms with Crippen LogP contribution in [0.1, 0.15) is 43.2 Å². The van der Waals surface area contributed by atoms with E-state index in [9.17, 15) is 4.79 Å². The first-order valence-corrected chi connectivity index (χ1v) is 12.2. The van der Waals surface area contributed by atoms with E-state index in [2.05, 4.69) is 48.3 Å². The molecule has 0 bridgehead atoms. The Labute approximate surface area is 194 Å². The van der Waals surface area contributed by atoms with E-state index in [0.717, 1.165) is 62.9 Å². The van der Waals surface area contributed by atoms with Crippen molar-refractivity contribution in [1.82, 2.24) is 9.88 Å². The molecule has 33 heavy (non-hydrogen) atoms. The van der Waals surface area contributed by atoms with E-state index in [4.69, 9.17) is 9.47 Å². The second-order valence-corrected chi connectivity index (χ2v) is 9.80. The zero-order valence-corrected chi connectivity index (χ0v) is 19.2. The topological polar surface area (TPSA) is 51.7 Å². The number of hydrogen-bond acceptors (Lipinski definition) is 4. The number of aryl methyl sites for hydroxylation is 2. The SMILES string of the molecule is Cc1cc(-c2ccc3c(c2)CCC2(CCN(C(=O)C4CCCO4)CC2)O3)cc2cccnc12. The summed E-state index contributed by atoms with van der Waals surface area (Å²) in [5.41, 5.74) is 5.83. The largest absolute Gasteiger partial charge is 0.487 e. The van der Waals surface area contributed by atoms with Gasteiger partial charge >= 0.3 is 0 Å². The molecule has 1 unspecified atom stereocenters. The third-order valence-electron chi connectivity index (χ3n) is 7.66. The van der Waals surface area contributed by atoms with E-state index >= 15 is 0 Å². The first-order valence-electron chi connectivity index (χ1n) is 12.2. The van der Waals surface area contributed by atoms with E-state index in [-0.39, 0.29) is 17.6 Å². The van der Waals surface area contributed by atoms with Gasteiger partial charge < -0.3 is 14.4 Å². The van der Waals surface area contributed by atoms with Crippen molar-refractivity contribution in [3.63, 3.8) is 0 Å². The number of piperidine rings is 1. The first-order chi connectivity index (χ1) is 16.1. The maximum absolute atomic E-state index is 12.7. The lowest BCUT2D eigenvalue weighted by Crippen LogP contribution is -2.52. The predicted molar refractivity (Wildman–Crippen MR) is 128 cm³/mol. The summed E-state index contributed by atoms with van der Waals surface area (Å²) in [6.45, 7) is 4.36. The minimum atomic E-state index is -0.222. The number of fused-ring (bicyclic) bond motifs is 2. The molecular weight excluding hydrogens is 412 g/mol. The number of ether oxygens (including phenoxy) is 2. The standard InChI is InChI=1S/C28H30N2O3/c1-19-16-23(18-22-4-2-12-29-26(19)22)20-6-7-24-21(17-20)8-9-28(33-24)10-13-30(14-11-28)27(31)25-5-3-15-32-25/h2,4,6-7,12,16-18,25H,3,5,8-11,13-15H2,1H3. The van der Waals surface area contributed by atoms with Gasteiger partial charge in [-0.05, 0) is 85.2 Å². The lowest BCUT2D eigenvalue weighted by atomic mass is 9.82. The highest BCUT2D eigenvalue weighted by Crippen LogP contribution is 2.41. The molecule has 2 fully saturated rings. The Balaban J connectivity index is 1.18. The quantitative estimate of drug-likeness (QED) is 0.556. The molecule has 2 saturated heterocycles. The van der Waals surface area contributed by atoms with E-state index in [1.54, 1.807) is 0 Å². The fourth-order valence-electron chi connectivity index (χ4n) is 5.70. The van der Waals surface area contributed by atoms with E-state index in [1.165, 1.54) is 27.6 Å². The zero-order valence-electron chi connectivity index (χ0n) is 19.2. The van der Waals surface area contributed by atoms with Crippen molar-refractivity contribution in [2.75, 3.05) is 19.7 Å². The van der Waals surface area contributed by atoms with Gasteiger partial charge in [0.15, 0.2) is 0 Å². The minimum absolute atomic E-state index is 0.146. The Kier molecular flexibility index (Phi) is 5.10. The lowest BCUT2D eigenvalue weighted by molar-refractivity contribution is -0.144. The van der Waals surface area contributed by atoms with Crippen molar-refractivity contribution in [3.8, 4) is 16.9 Å². The fraction of sp³-hybridized carbons (Fsp3) is 0.429. The number of benzene rings is 2. The van der Waals surface area contributed by atoms with Gasteiger partial charge in [0.05, 0.1) is 5.52 Å². The zero-order chi connectivity index (χ0) is 22.4. The highest BCUT2D eigenvalue weighted by atomic mass is 16.5. The van der Waals surface area contributed by atoms with Gasteiger partial charge in [0.1, 0.15) is 17.5 Å². The van der Waals surface area contributed by atoms with Gasteiger partial charge in [-0.25, -0.2) is 0 Å². The average Bonchev–Trinajstić information content (AvgIpc) is 3.39. The fourth-order valence-corrected chi connectivity index (χ4v) is 5.70. The number of carbonyl (C=O) groups is 1. The number of amides is 1. The second-order valence-electron chi connectivity index (χ2n) is 9.80. The molecule has 1 aromatic heterocycles. The van der Waals surface area contributed by atoms with Crippen molar-refractivity contribution in [3.05, 3.63) is 59.8 Å². The van der Waals surface area contributed by atoms with Crippen LogP contribution < -0.4 is 4.74 Å². The number of hydrogen-bond donors (Lipinski definition) is 0. The summed E-state index contributed by atoms with van der Waals surface area (Å²) in [6.07, 6.45) is 7.28. The van der Waals surface area contributed by atoms with Crippen molar-refractivity contribution >= 4 is 16.8 Å². The molecule has 6 rings (SSSR count). The number of pyridine rings is 1. The lowest BCUT2D eigenvalue weighted by Gasteiger charge is -2.45. The molecule has 0 radical (unpaired) electrons. The summed E-state index contributed by atoms with van der Waals surface area (Å²) in [5, 5.41) is 1.17. The summed E-state index contributed by atoms with van der Waals surface area (Å²) >= 11 is 0. The number of rotatable bonds is 2. The molecule has 1 spiro atoms. The molecular formula is C28H30N2O3. The summed E-state index contributed by atoms with van der Waals surface area (Å²) in [5.74, 6) is 1.17. The van der Waals surface area contributed by atoms with Crippen LogP contribution in [0.4, 0.5) is 0 Å². The van der Waals surface area contributed by atoms with Crippen LogP contribution in [-0.4, -0.2) is 47.2 Å². The van der Waals surface area contributed by atoms with Crippen LogP contribution in [-0.2, 0) is 16.0 Å². The molecule has 4 heterocycles. The Hall–Kier alpha value is -2.92. The van der Waals surface area contributed by atoms with Crippen LogP contribution in [0.2, 0.25) is 0 Å². The van der Waals surface area contributed by atoms with Gasteiger partial charge in [0.2, 0.25) is 0 Å². The van der Waals surface area contributed by atoms with Crippen molar-refractivity contribution in [2.24, 2.45) is 0 Å². The van der Waals surface area contributed by atoms with Crippen LogP contribution in [0.3, 0.4) is 0 Å². The Morgan fingerprint density at radius 1 is 1.09 bits per heavy atom. The molecule has 3 aromatic rings. The Morgan fingerprint density at radius 3 is 2.79 bits per heavy atom. The van der Waals surface area contributed by atoms with Crippen molar-refractivity contribution < 1.29 is 14.3 Å². The van der Waals surface area contributed by atoms with Crippen molar-refractivity contribution in [2.45, 2.75) is 57.2 Å². The summed E-state index contributed by atoms with van der Waals surface area (Å²) in [7, 11) is 0. The van der Waals surface area contributed by atoms with E-state index < -0.39 is 0 Å². The third-order valence-corrected chi connectivity index (χ3v) is 7.66. The maximum Gasteiger partial charge on any atom is 0.251 e. The van der Waals surface area contributed by atoms with Crippen LogP contribution in [0.15, 0.2) is 48.7 Å². The summed E-state index contributed by atoms with van der Waals surface area (Å²) in [4.78, 5) is 19.2. The number of nitrogens with zero attached hydrogens (tertiary/aromatic N) is 2. The normalized spacial score (nSPS) is 21.7. The van der Waals surface area contributed by atoms with Gasteiger partial charge in [-0.15, -0.1) is 0 Å². The number of likely N-dealkylation sites (tertiary alicyclic amines) is 1. The molecule has 0 N–H and O–H groups in total. The molecule has 1 amide bonds. The monoisotopic (exact) mass is 442 g/mol. The van der Waals surface area contributed by atoms with Crippen molar-refractivity contribution in [1.29, 1.82) is 0 Å². The maximum atomic E-state index is 12.7. The average molecular weight is 443 g/mol. The highest BCUT2D eigenvalue weighted by Gasteiger charge is 2.41. The van der Waals surface area contributed by atoms with Gasteiger partial charge in [-0.2, -0.15) is 0 Å². The Morgan fingerprint density at radius 2 is 1.97 bits per heavy atom. The van der Waals surface area contributed by atoms with E-state index in [0.29, 0.717) is 6.61 Å². The molecule has 3 aliphatic heterocycles. The van der Waals surface area contributed by atoms with Gasteiger partial charge in [0, 0.05) is 44.1 Å². The molecule has 170 valence electrons. The predicted octanol–water partition coefficient (Wildman–Crippen LogP) is 5.08. The summed E-state index contributed by atoms with van der Waals surface area (Å²) in [6, 6.07) is 15.2. The molecule has 0 saturated carbocycles. The van der Waals surface area contributed by atoms with Crippen LogP contribution in [0.25, 0.3) is 22.0 Å². The summed E-state index contributed by atoms with van der Waals surface area (Å²) < 4.78 is 12.2. The van der Waals surface area contributed by atoms with Gasteiger partial charge in [-0.1, -0.05) is 12.1 Å². The molecule has 5 nitrogen and oxygen atoms in total. The first kappa shape index (κ1) is 20.7. The van der Waals surface area contributed by atoms with Gasteiger partial charge in [0.25, 0.3) is 5.91 Å². The molecule has 0 aliphatic carbocycles. The molecule has 2 aromatic carbocycles.